The molecule has 0 spiro atoms. The standard InChI is InChI=1S/C35H41N5O4/c1-21-31(36-23(3)32(21)35(43)40-17-7-8-26(40)20-39-15-5-6-16-39)19-29-28-18-25(11-14-30(28)38-34(29)42)33(41)37-22(2)24-9-12-27(44-4)13-10-24/h9-14,18-19,22,26,36H,5-8,15-17,20H2,1-4H3,(H,37,41)(H,38,42). The van der Waals surface area contributed by atoms with Crippen molar-refractivity contribution in [3.05, 3.63) is 81.7 Å². The number of likely N-dealkylation sites (tertiary alicyclic amines) is 2. The second kappa shape index (κ2) is 12.3. The molecule has 2 unspecified atom stereocenters. The lowest BCUT2D eigenvalue weighted by atomic mass is 10.0. The molecule has 0 aliphatic carbocycles. The van der Waals surface area contributed by atoms with E-state index in [-0.39, 0.29) is 29.8 Å². The highest BCUT2D eigenvalue weighted by Crippen LogP contribution is 2.35. The van der Waals surface area contributed by atoms with Gasteiger partial charge in [-0.05, 0) is 107 Å². The number of benzene rings is 2. The van der Waals surface area contributed by atoms with Gasteiger partial charge in [-0.2, -0.15) is 0 Å². The summed E-state index contributed by atoms with van der Waals surface area (Å²) >= 11 is 0. The molecule has 2 aromatic carbocycles. The summed E-state index contributed by atoms with van der Waals surface area (Å²) in [4.78, 5) is 48.1. The molecule has 3 aliphatic rings. The number of amides is 3. The number of carbonyl (C=O) groups is 3. The van der Waals surface area contributed by atoms with Gasteiger partial charge >= 0.3 is 0 Å². The molecule has 2 atom stereocenters. The minimum Gasteiger partial charge on any atom is -0.497 e. The fourth-order valence-corrected chi connectivity index (χ4v) is 6.81. The highest BCUT2D eigenvalue weighted by atomic mass is 16.5. The second-order valence-electron chi connectivity index (χ2n) is 12.2. The molecule has 2 saturated heterocycles. The van der Waals surface area contributed by atoms with E-state index in [2.05, 4.69) is 20.5 Å². The van der Waals surface area contributed by atoms with Gasteiger partial charge in [0.05, 0.1) is 24.3 Å². The topological polar surface area (TPSA) is 107 Å². The van der Waals surface area contributed by atoms with Gasteiger partial charge in [-0.1, -0.05) is 12.1 Å². The molecule has 1 aromatic heterocycles. The van der Waals surface area contributed by atoms with Gasteiger partial charge in [0, 0.05) is 47.3 Å². The number of hydrogen-bond acceptors (Lipinski definition) is 5. The van der Waals surface area contributed by atoms with E-state index in [0.29, 0.717) is 28.0 Å². The second-order valence-corrected chi connectivity index (χ2v) is 12.2. The molecule has 6 rings (SSSR count). The van der Waals surface area contributed by atoms with Crippen LogP contribution in [0.5, 0.6) is 5.75 Å². The summed E-state index contributed by atoms with van der Waals surface area (Å²) in [7, 11) is 1.62. The predicted molar refractivity (Wildman–Crippen MR) is 172 cm³/mol. The maximum Gasteiger partial charge on any atom is 0.256 e. The van der Waals surface area contributed by atoms with E-state index >= 15 is 0 Å². The summed E-state index contributed by atoms with van der Waals surface area (Å²) in [6.07, 6.45) is 6.33. The Hall–Kier alpha value is -4.37. The number of aromatic amines is 1. The first-order valence-corrected chi connectivity index (χ1v) is 15.6. The van der Waals surface area contributed by atoms with Gasteiger partial charge in [0.15, 0.2) is 0 Å². The molecule has 0 saturated carbocycles. The fourth-order valence-electron chi connectivity index (χ4n) is 6.81. The van der Waals surface area contributed by atoms with Crippen molar-refractivity contribution < 1.29 is 19.1 Å². The third-order valence-electron chi connectivity index (χ3n) is 9.31. The number of rotatable bonds is 8. The van der Waals surface area contributed by atoms with E-state index in [4.69, 9.17) is 4.74 Å². The average molecular weight is 596 g/mol. The molecule has 3 aromatic rings. The Kier molecular flexibility index (Phi) is 8.31. The lowest BCUT2D eigenvalue weighted by Crippen LogP contribution is -2.42. The third-order valence-corrected chi connectivity index (χ3v) is 9.31. The number of H-pyrrole nitrogens is 1. The zero-order valence-corrected chi connectivity index (χ0v) is 26.0. The van der Waals surface area contributed by atoms with Crippen LogP contribution in [0.2, 0.25) is 0 Å². The van der Waals surface area contributed by atoms with E-state index in [0.717, 1.165) is 67.3 Å². The summed E-state index contributed by atoms with van der Waals surface area (Å²) < 4.78 is 5.23. The van der Waals surface area contributed by atoms with Gasteiger partial charge < -0.3 is 30.2 Å². The largest absolute Gasteiger partial charge is 0.497 e. The number of hydrogen-bond donors (Lipinski definition) is 3. The van der Waals surface area contributed by atoms with Crippen molar-refractivity contribution in [2.45, 2.75) is 58.5 Å². The van der Waals surface area contributed by atoms with Crippen LogP contribution in [0.25, 0.3) is 11.6 Å². The number of fused-ring (bicyclic) bond motifs is 1. The molecule has 9 nitrogen and oxygen atoms in total. The van der Waals surface area contributed by atoms with Crippen molar-refractivity contribution in [3.63, 3.8) is 0 Å². The number of anilines is 1. The Morgan fingerprint density at radius 2 is 1.82 bits per heavy atom. The van der Waals surface area contributed by atoms with Crippen LogP contribution in [-0.4, -0.2) is 71.8 Å². The Bertz CT molecular complexity index is 1620. The normalized spacial score (nSPS) is 19.7. The monoisotopic (exact) mass is 595 g/mol. The molecule has 0 bridgehead atoms. The van der Waals surface area contributed by atoms with Crippen LogP contribution in [0, 0.1) is 13.8 Å². The SMILES string of the molecule is COc1ccc(C(C)NC(=O)c2ccc3c(c2)C(=Cc2[nH]c(C)c(C(=O)N4CCCC4CN4CCCC4)c2C)C(=O)N3)cc1. The maximum atomic E-state index is 13.9. The highest BCUT2D eigenvalue weighted by Gasteiger charge is 2.34. The summed E-state index contributed by atoms with van der Waals surface area (Å²) in [5.74, 6) is 0.338. The summed E-state index contributed by atoms with van der Waals surface area (Å²) in [5.41, 5.74) is 6.21. The number of aryl methyl sites for hydroxylation is 1. The smallest absolute Gasteiger partial charge is 0.256 e. The van der Waals surface area contributed by atoms with Crippen molar-refractivity contribution in [1.29, 1.82) is 0 Å². The number of aromatic nitrogens is 1. The Morgan fingerprint density at radius 1 is 1.07 bits per heavy atom. The average Bonchev–Trinajstić information content (AvgIpc) is 3.81. The van der Waals surface area contributed by atoms with E-state index in [1.807, 2.05) is 49.9 Å². The van der Waals surface area contributed by atoms with Crippen molar-refractivity contribution in [2.24, 2.45) is 0 Å². The van der Waals surface area contributed by atoms with Crippen LogP contribution in [0.4, 0.5) is 5.69 Å². The molecular weight excluding hydrogens is 554 g/mol. The van der Waals surface area contributed by atoms with Crippen LogP contribution >= 0.6 is 0 Å². The third kappa shape index (κ3) is 5.76. The molecule has 44 heavy (non-hydrogen) atoms. The van der Waals surface area contributed by atoms with Gasteiger partial charge in [0.2, 0.25) is 0 Å². The number of carbonyl (C=O) groups excluding carboxylic acids is 3. The first-order valence-electron chi connectivity index (χ1n) is 15.6. The summed E-state index contributed by atoms with van der Waals surface area (Å²) in [5, 5.41) is 5.96. The van der Waals surface area contributed by atoms with E-state index in [1.165, 1.54) is 12.8 Å². The van der Waals surface area contributed by atoms with Crippen LogP contribution in [0.1, 0.15) is 87.4 Å². The number of methoxy groups -OCH3 is 1. The van der Waals surface area contributed by atoms with E-state index in [1.54, 1.807) is 31.4 Å². The van der Waals surface area contributed by atoms with Gasteiger partial charge in [-0.25, -0.2) is 0 Å². The molecule has 9 heteroatoms. The van der Waals surface area contributed by atoms with Gasteiger partial charge in [-0.15, -0.1) is 0 Å². The molecule has 3 aliphatic heterocycles. The minimum absolute atomic E-state index is 0.0591. The molecule has 3 N–H and O–H groups in total. The molecule has 2 fully saturated rings. The quantitative estimate of drug-likeness (QED) is 0.306. The van der Waals surface area contributed by atoms with Crippen LogP contribution in [0.3, 0.4) is 0 Å². The zero-order chi connectivity index (χ0) is 31.0. The lowest BCUT2D eigenvalue weighted by molar-refractivity contribution is -0.110. The first kappa shape index (κ1) is 29.7. The Balaban J connectivity index is 1.22. The van der Waals surface area contributed by atoms with Gasteiger partial charge in [-0.3, -0.25) is 14.4 Å². The van der Waals surface area contributed by atoms with Gasteiger partial charge in [0.25, 0.3) is 17.7 Å². The Morgan fingerprint density at radius 3 is 2.55 bits per heavy atom. The molecule has 3 amide bonds. The van der Waals surface area contributed by atoms with Crippen LogP contribution in [-0.2, 0) is 4.79 Å². The molecule has 230 valence electrons. The minimum atomic E-state index is -0.242. The van der Waals surface area contributed by atoms with Gasteiger partial charge in [0.1, 0.15) is 5.75 Å². The zero-order valence-electron chi connectivity index (χ0n) is 26.0. The number of nitrogens with zero attached hydrogens (tertiary/aromatic N) is 2. The van der Waals surface area contributed by atoms with Crippen molar-refractivity contribution in [2.75, 3.05) is 38.6 Å². The van der Waals surface area contributed by atoms with Crippen LogP contribution < -0.4 is 15.4 Å². The summed E-state index contributed by atoms with van der Waals surface area (Å²) in [6.45, 7) is 9.73. The van der Waals surface area contributed by atoms with Crippen LogP contribution in [0.15, 0.2) is 42.5 Å². The Labute approximate surface area is 258 Å². The molecular formula is C35H41N5O4. The van der Waals surface area contributed by atoms with Crippen molar-refractivity contribution in [3.8, 4) is 5.75 Å². The fraction of sp³-hybridized carbons (Fsp3) is 0.400. The predicted octanol–water partition coefficient (Wildman–Crippen LogP) is 5.32. The molecule has 0 radical (unpaired) electrons. The number of nitrogens with one attached hydrogen (secondary N) is 3. The molecule has 4 heterocycles. The van der Waals surface area contributed by atoms with E-state index < -0.39 is 0 Å². The summed E-state index contributed by atoms with van der Waals surface area (Å²) in [6, 6.07) is 12.8. The van der Waals surface area contributed by atoms with Crippen molar-refractivity contribution in [1.82, 2.24) is 20.1 Å². The first-order chi connectivity index (χ1) is 21.2. The highest BCUT2D eigenvalue weighted by molar-refractivity contribution is 6.35. The lowest BCUT2D eigenvalue weighted by Gasteiger charge is -2.28. The maximum absolute atomic E-state index is 13.9. The van der Waals surface area contributed by atoms with Crippen molar-refractivity contribution >= 4 is 35.1 Å². The van der Waals surface area contributed by atoms with E-state index in [9.17, 15) is 14.4 Å². The number of ether oxygens (including phenoxy) is 1.